The molecule has 1 aromatic heterocycles. The largest absolute Gasteiger partial charge is 0.293 e. The molecule has 0 bridgehead atoms. The van der Waals surface area contributed by atoms with Gasteiger partial charge in [-0.2, -0.15) is 0 Å². The van der Waals surface area contributed by atoms with Crippen molar-refractivity contribution in [2.24, 2.45) is 0 Å². The van der Waals surface area contributed by atoms with Gasteiger partial charge in [-0.3, -0.25) is 4.90 Å². The van der Waals surface area contributed by atoms with E-state index in [1.807, 2.05) is 6.20 Å². The van der Waals surface area contributed by atoms with Crippen LogP contribution in [0.3, 0.4) is 0 Å². The molecule has 0 N–H and O–H groups in total. The van der Waals surface area contributed by atoms with Gasteiger partial charge in [0.2, 0.25) is 0 Å². The summed E-state index contributed by atoms with van der Waals surface area (Å²) in [6.07, 6.45) is 5.90. The minimum absolute atomic E-state index is 0.655. The summed E-state index contributed by atoms with van der Waals surface area (Å²) in [6.45, 7) is 5.64. The summed E-state index contributed by atoms with van der Waals surface area (Å²) in [6, 6.07) is 1.38. The predicted molar refractivity (Wildman–Crippen MR) is 65.4 cm³/mol. The maximum atomic E-state index is 5.84. The number of aromatic nitrogens is 1. The van der Waals surface area contributed by atoms with Gasteiger partial charge in [-0.05, 0) is 26.7 Å². The van der Waals surface area contributed by atoms with E-state index in [1.165, 1.54) is 24.1 Å². The highest BCUT2D eigenvalue weighted by Gasteiger charge is 2.24. The zero-order valence-electron chi connectivity index (χ0n) is 9.24. The fourth-order valence-corrected chi connectivity index (χ4v) is 3.31. The Bertz CT molecular complexity index is 316. The lowest BCUT2D eigenvalue weighted by atomic mass is 9.97. The van der Waals surface area contributed by atoms with Crippen molar-refractivity contribution >= 4 is 22.9 Å². The minimum Gasteiger partial charge on any atom is -0.293 e. The standard InChI is InChI=1S/C11H17ClN2S/c1-8-4-3-5-9(2)14(8)7-10-6-13-11(12)15-10/h6,8-9H,3-5,7H2,1-2H3/t8-,9-/m0/s1. The average Bonchev–Trinajstić information content (AvgIpc) is 2.58. The number of halogens is 1. The molecule has 0 aliphatic carbocycles. The molecular formula is C11H17ClN2S. The lowest BCUT2D eigenvalue weighted by molar-refractivity contribution is 0.0964. The van der Waals surface area contributed by atoms with Gasteiger partial charge in [0.15, 0.2) is 4.47 Å². The van der Waals surface area contributed by atoms with Gasteiger partial charge in [-0.15, -0.1) is 11.3 Å². The van der Waals surface area contributed by atoms with E-state index in [9.17, 15) is 0 Å². The van der Waals surface area contributed by atoms with E-state index in [0.29, 0.717) is 16.6 Å². The van der Waals surface area contributed by atoms with Gasteiger partial charge < -0.3 is 0 Å². The lowest BCUT2D eigenvalue weighted by Gasteiger charge is -2.38. The topological polar surface area (TPSA) is 16.1 Å². The molecular weight excluding hydrogens is 228 g/mol. The molecule has 1 saturated heterocycles. The molecule has 0 radical (unpaired) electrons. The summed E-state index contributed by atoms with van der Waals surface area (Å²) in [5, 5.41) is 0. The number of thiazole rings is 1. The maximum Gasteiger partial charge on any atom is 0.183 e. The first-order valence-corrected chi connectivity index (χ1v) is 6.72. The van der Waals surface area contributed by atoms with Crippen molar-refractivity contribution in [3.8, 4) is 0 Å². The third kappa shape index (κ3) is 2.71. The van der Waals surface area contributed by atoms with E-state index in [4.69, 9.17) is 11.6 Å². The van der Waals surface area contributed by atoms with Gasteiger partial charge in [0.25, 0.3) is 0 Å². The second kappa shape index (κ2) is 4.81. The van der Waals surface area contributed by atoms with Gasteiger partial charge in [0, 0.05) is 29.7 Å². The summed E-state index contributed by atoms with van der Waals surface area (Å²) in [5.74, 6) is 0. The Hall–Kier alpha value is -0.120. The Kier molecular flexibility index (Phi) is 3.65. The molecule has 1 fully saturated rings. The zero-order valence-corrected chi connectivity index (χ0v) is 10.8. The van der Waals surface area contributed by atoms with E-state index in [1.54, 1.807) is 11.3 Å². The number of nitrogens with zero attached hydrogens (tertiary/aromatic N) is 2. The molecule has 15 heavy (non-hydrogen) atoms. The smallest absolute Gasteiger partial charge is 0.183 e. The minimum atomic E-state index is 0.655. The van der Waals surface area contributed by atoms with Crippen LogP contribution in [0.2, 0.25) is 4.47 Å². The summed E-state index contributed by atoms with van der Waals surface area (Å²) in [7, 11) is 0. The van der Waals surface area contributed by atoms with E-state index in [0.717, 1.165) is 6.54 Å². The summed E-state index contributed by atoms with van der Waals surface area (Å²) in [4.78, 5) is 7.93. The molecule has 4 heteroatoms. The highest BCUT2D eigenvalue weighted by molar-refractivity contribution is 7.15. The fraction of sp³-hybridized carbons (Fsp3) is 0.727. The molecule has 1 aliphatic rings. The third-order valence-corrected chi connectivity index (χ3v) is 4.34. The zero-order chi connectivity index (χ0) is 10.8. The van der Waals surface area contributed by atoms with Crippen molar-refractivity contribution in [2.75, 3.05) is 0 Å². The van der Waals surface area contributed by atoms with Crippen molar-refractivity contribution in [3.05, 3.63) is 15.5 Å². The first-order chi connectivity index (χ1) is 7.16. The molecule has 0 aromatic carbocycles. The Morgan fingerprint density at radius 2 is 2.13 bits per heavy atom. The van der Waals surface area contributed by atoms with Gasteiger partial charge in [-0.25, -0.2) is 4.98 Å². The van der Waals surface area contributed by atoms with Gasteiger partial charge in [0.05, 0.1) is 0 Å². The summed E-state index contributed by atoms with van der Waals surface area (Å²) in [5.41, 5.74) is 0. The van der Waals surface area contributed by atoms with Crippen molar-refractivity contribution < 1.29 is 0 Å². The molecule has 0 spiro atoms. The molecule has 84 valence electrons. The number of hydrogen-bond acceptors (Lipinski definition) is 3. The van der Waals surface area contributed by atoms with Crippen LogP contribution in [0.4, 0.5) is 0 Å². The fourth-order valence-electron chi connectivity index (χ4n) is 2.32. The summed E-state index contributed by atoms with van der Waals surface area (Å²) < 4.78 is 0.655. The molecule has 2 atom stereocenters. The van der Waals surface area contributed by atoms with Crippen molar-refractivity contribution in [1.82, 2.24) is 9.88 Å². The van der Waals surface area contributed by atoms with Crippen molar-refractivity contribution in [3.63, 3.8) is 0 Å². The molecule has 2 nitrogen and oxygen atoms in total. The Morgan fingerprint density at radius 3 is 2.67 bits per heavy atom. The number of hydrogen-bond donors (Lipinski definition) is 0. The highest BCUT2D eigenvalue weighted by Crippen LogP contribution is 2.27. The van der Waals surface area contributed by atoms with E-state index >= 15 is 0 Å². The van der Waals surface area contributed by atoms with Crippen LogP contribution < -0.4 is 0 Å². The van der Waals surface area contributed by atoms with Crippen LogP contribution in [0.5, 0.6) is 0 Å². The molecule has 2 heterocycles. The summed E-state index contributed by atoms with van der Waals surface area (Å²) >= 11 is 7.44. The molecule has 0 unspecified atom stereocenters. The highest BCUT2D eigenvalue weighted by atomic mass is 35.5. The molecule has 1 aromatic rings. The van der Waals surface area contributed by atoms with E-state index < -0.39 is 0 Å². The maximum absolute atomic E-state index is 5.84. The van der Waals surface area contributed by atoms with Crippen molar-refractivity contribution in [2.45, 2.75) is 51.7 Å². The van der Waals surface area contributed by atoms with Gasteiger partial charge in [0.1, 0.15) is 0 Å². The SMILES string of the molecule is C[C@H]1CCC[C@H](C)N1Cc1cnc(Cl)s1. The van der Waals surface area contributed by atoms with Gasteiger partial charge in [-0.1, -0.05) is 18.0 Å². The first kappa shape index (κ1) is 11.4. The Balaban J connectivity index is 2.03. The lowest BCUT2D eigenvalue weighted by Crippen LogP contribution is -2.42. The quantitative estimate of drug-likeness (QED) is 0.791. The Labute approximate surface area is 100 Å². The van der Waals surface area contributed by atoms with Crippen LogP contribution in [0, 0.1) is 0 Å². The third-order valence-electron chi connectivity index (χ3n) is 3.24. The molecule has 2 rings (SSSR count). The van der Waals surface area contributed by atoms with E-state index in [2.05, 4.69) is 23.7 Å². The molecule has 0 saturated carbocycles. The average molecular weight is 245 g/mol. The Morgan fingerprint density at radius 1 is 1.47 bits per heavy atom. The van der Waals surface area contributed by atoms with Crippen LogP contribution in [0.15, 0.2) is 6.20 Å². The van der Waals surface area contributed by atoms with Crippen LogP contribution in [-0.4, -0.2) is 22.0 Å². The number of rotatable bonds is 2. The number of piperidine rings is 1. The van der Waals surface area contributed by atoms with Crippen LogP contribution in [0.25, 0.3) is 0 Å². The first-order valence-electron chi connectivity index (χ1n) is 5.53. The molecule has 1 aliphatic heterocycles. The second-order valence-corrected chi connectivity index (χ2v) is 6.08. The predicted octanol–water partition coefficient (Wildman–Crippen LogP) is 3.56. The van der Waals surface area contributed by atoms with Crippen LogP contribution in [-0.2, 0) is 6.54 Å². The molecule has 0 amide bonds. The second-order valence-electron chi connectivity index (χ2n) is 4.38. The van der Waals surface area contributed by atoms with Crippen molar-refractivity contribution in [1.29, 1.82) is 0 Å². The number of likely N-dealkylation sites (tertiary alicyclic amines) is 1. The van der Waals surface area contributed by atoms with Crippen LogP contribution in [0.1, 0.15) is 38.0 Å². The van der Waals surface area contributed by atoms with Crippen LogP contribution >= 0.6 is 22.9 Å². The monoisotopic (exact) mass is 244 g/mol. The van der Waals surface area contributed by atoms with Gasteiger partial charge >= 0.3 is 0 Å². The van der Waals surface area contributed by atoms with E-state index in [-0.39, 0.29) is 0 Å². The normalized spacial score (nSPS) is 28.2.